The summed E-state index contributed by atoms with van der Waals surface area (Å²) in [6, 6.07) is 6.14. The van der Waals surface area contributed by atoms with Gasteiger partial charge in [-0.05, 0) is 51.4 Å². The average molecular weight is 261 g/mol. The van der Waals surface area contributed by atoms with E-state index in [0.717, 1.165) is 38.0 Å². The summed E-state index contributed by atoms with van der Waals surface area (Å²) in [5, 5.41) is 3.17. The fourth-order valence-corrected chi connectivity index (χ4v) is 2.70. The van der Waals surface area contributed by atoms with Gasteiger partial charge in [0, 0.05) is 24.5 Å². The number of nitrogens with one attached hydrogen (secondary N) is 1. The zero-order valence-electron chi connectivity index (χ0n) is 11.6. The van der Waals surface area contributed by atoms with Gasteiger partial charge in [-0.1, -0.05) is 6.07 Å². The number of carbonyl (C=O) groups excluding carboxylic acids is 1. The molecule has 104 valence electrons. The van der Waals surface area contributed by atoms with E-state index in [0.29, 0.717) is 12.5 Å². The molecule has 4 heteroatoms. The molecule has 0 saturated carbocycles. The number of likely N-dealkylation sites (tertiary alicyclic amines) is 1. The molecular weight excluding hydrogens is 238 g/mol. The lowest BCUT2D eigenvalue weighted by molar-refractivity contribution is -0.134. The highest BCUT2D eigenvalue weighted by Gasteiger charge is 2.26. The van der Waals surface area contributed by atoms with Gasteiger partial charge in [0.15, 0.2) is 0 Å². The van der Waals surface area contributed by atoms with E-state index in [2.05, 4.69) is 15.2 Å². The van der Waals surface area contributed by atoms with Crippen LogP contribution >= 0.6 is 0 Å². The van der Waals surface area contributed by atoms with Gasteiger partial charge in [0.05, 0.1) is 6.42 Å². The molecular formula is C15H23N3O. The Kier molecular flexibility index (Phi) is 5.33. The van der Waals surface area contributed by atoms with E-state index in [9.17, 15) is 4.79 Å². The molecule has 0 bridgehead atoms. The fourth-order valence-electron chi connectivity index (χ4n) is 2.70. The molecule has 1 fully saturated rings. The second-order valence-corrected chi connectivity index (χ2v) is 5.13. The first-order valence-corrected chi connectivity index (χ1v) is 7.15. The molecule has 0 radical (unpaired) electrons. The lowest BCUT2D eigenvalue weighted by Gasteiger charge is -2.36. The van der Waals surface area contributed by atoms with Crippen LogP contribution in [0.15, 0.2) is 24.4 Å². The summed E-state index contributed by atoms with van der Waals surface area (Å²) in [4.78, 5) is 18.7. The van der Waals surface area contributed by atoms with Crippen LogP contribution < -0.4 is 5.32 Å². The topological polar surface area (TPSA) is 45.2 Å². The van der Waals surface area contributed by atoms with Gasteiger partial charge in [0.1, 0.15) is 0 Å². The molecule has 19 heavy (non-hydrogen) atoms. The number of nitrogens with zero attached hydrogens (tertiary/aromatic N) is 2. The highest BCUT2D eigenvalue weighted by molar-refractivity contribution is 5.78. The standard InChI is InChI=1S/C15H23N3O/c1-16-10-8-14-7-3-5-11-18(14)15(19)12-13-6-2-4-9-17-13/h2,4,6,9,14,16H,3,5,7-8,10-12H2,1H3. The first-order chi connectivity index (χ1) is 9.31. The van der Waals surface area contributed by atoms with Crippen LogP contribution in [0.5, 0.6) is 0 Å². The van der Waals surface area contributed by atoms with Crippen LogP contribution in [0.3, 0.4) is 0 Å². The minimum Gasteiger partial charge on any atom is -0.339 e. The Bertz CT molecular complexity index is 394. The molecule has 1 aromatic heterocycles. The SMILES string of the molecule is CNCCC1CCCCN1C(=O)Cc1ccccn1. The van der Waals surface area contributed by atoms with Crippen molar-refractivity contribution in [3.05, 3.63) is 30.1 Å². The first-order valence-electron chi connectivity index (χ1n) is 7.15. The summed E-state index contributed by atoms with van der Waals surface area (Å²) in [7, 11) is 1.96. The van der Waals surface area contributed by atoms with Gasteiger partial charge < -0.3 is 10.2 Å². The molecule has 0 aromatic carbocycles. The van der Waals surface area contributed by atoms with Crippen LogP contribution in [0.1, 0.15) is 31.4 Å². The molecule has 1 aliphatic rings. The van der Waals surface area contributed by atoms with Crippen LogP contribution in [-0.4, -0.2) is 42.0 Å². The van der Waals surface area contributed by atoms with Gasteiger partial charge in [0.25, 0.3) is 0 Å². The zero-order valence-corrected chi connectivity index (χ0v) is 11.6. The lowest BCUT2D eigenvalue weighted by Crippen LogP contribution is -2.45. The summed E-state index contributed by atoms with van der Waals surface area (Å²) in [5.74, 6) is 0.222. The Morgan fingerprint density at radius 3 is 3.11 bits per heavy atom. The van der Waals surface area contributed by atoms with Gasteiger partial charge in [-0.25, -0.2) is 0 Å². The van der Waals surface area contributed by atoms with Crippen molar-refractivity contribution in [3.8, 4) is 0 Å². The second-order valence-electron chi connectivity index (χ2n) is 5.13. The van der Waals surface area contributed by atoms with Crippen molar-refractivity contribution in [1.82, 2.24) is 15.2 Å². The Hall–Kier alpha value is -1.42. The van der Waals surface area contributed by atoms with E-state index in [1.807, 2.05) is 25.2 Å². The lowest BCUT2D eigenvalue weighted by atomic mass is 9.98. The van der Waals surface area contributed by atoms with Crippen molar-refractivity contribution >= 4 is 5.91 Å². The first kappa shape index (κ1) is 14.0. The van der Waals surface area contributed by atoms with E-state index in [4.69, 9.17) is 0 Å². The van der Waals surface area contributed by atoms with Crippen LogP contribution in [-0.2, 0) is 11.2 Å². The van der Waals surface area contributed by atoms with Crippen molar-refractivity contribution in [1.29, 1.82) is 0 Å². The van der Waals surface area contributed by atoms with E-state index < -0.39 is 0 Å². The molecule has 2 rings (SSSR count). The molecule has 1 atom stereocenters. The maximum absolute atomic E-state index is 12.4. The number of amides is 1. The molecule has 1 unspecified atom stereocenters. The third kappa shape index (κ3) is 4.03. The van der Waals surface area contributed by atoms with Crippen LogP contribution in [0, 0.1) is 0 Å². The molecule has 1 saturated heterocycles. The van der Waals surface area contributed by atoms with E-state index in [1.165, 1.54) is 6.42 Å². The van der Waals surface area contributed by atoms with E-state index in [1.54, 1.807) is 6.20 Å². The third-order valence-electron chi connectivity index (χ3n) is 3.73. The van der Waals surface area contributed by atoms with Gasteiger partial charge in [0.2, 0.25) is 5.91 Å². The largest absolute Gasteiger partial charge is 0.339 e. The van der Waals surface area contributed by atoms with Crippen LogP contribution in [0.2, 0.25) is 0 Å². The number of rotatable bonds is 5. The molecule has 1 amide bonds. The van der Waals surface area contributed by atoms with Gasteiger partial charge in [-0.15, -0.1) is 0 Å². The smallest absolute Gasteiger partial charge is 0.228 e. The number of hydrogen-bond acceptors (Lipinski definition) is 3. The monoisotopic (exact) mass is 261 g/mol. The number of piperidine rings is 1. The molecule has 1 N–H and O–H groups in total. The van der Waals surface area contributed by atoms with Crippen LogP contribution in [0.25, 0.3) is 0 Å². The molecule has 1 aromatic rings. The minimum atomic E-state index is 0.222. The molecule has 2 heterocycles. The third-order valence-corrected chi connectivity index (χ3v) is 3.73. The summed E-state index contributed by atoms with van der Waals surface area (Å²) in [6.45, 7) is 1.87. The number of aromatic nitrogens is 1. The van der Waals surface area contributed by atoms with Crippen molar-refractivity contribution in [3.63, 3.8) is 0 Å². The maximum atomic E-state index is 12.4. The Morgan fingerprint density at radius 1 is 1.47 bits per heavy atom. The summed E-state index contributed by atoms with van der Waals surface area (Å²) in [6.07, 6.45) is 6.72. The van der Waals surface area contributed by atoms with Gasteiger partial charge in [-0.3, -0.25) is 9.78 Å². The summed E-state index contributed by atoms with van der Waals surface area (Å²) >= 11 is 0. The van der Waals surface area contributed by atoms with Crippen molar-refractivity contribution in [2.24, 2.45) is 0 Å². The minimum absolute atomic E-state index is 0.222. The number of pyridine rings is 1. The molecule has 0 spiro atoms. The van der Waals surface area contributed by atoms with E-state index in [-0.39, 0.29) is 5.91 Å². The Morgan fingerprint density at radius 2 is 2.37 bits per heavy atom. The van der Waals surface area contributed by atoms with Crippen LogP contribution in [0.4, 0.5) is 0 Å². The highest BCUT2D eigenvalue weighted by atomic mass is 16.2. The molecule has 0 aliphatic carbocycles. The van der Waals surface area contributed by atoms with Gasteiger partial charge >= 0.3 is 0 Å². The average Bonchev–Trinajstić information content (AvgIpc) is 2.46. The van der Waals surface area contributed by atoms with Gasteiger partial charge in [-0.2, -0.15) is 0 Å². The van der Waals surface area contributed by atoms with Crippen molar-refractivity contribution < 1.29 is 4.79 Å². The summed E-state index contributed by atoms with van der Waals surface area (Å²) < 4.78 is 0. The van der Waals surface area contributed by atoms with Crippen molar-refractivity contribution in [2.45, 2.75) is 38.1 Å². The maximum Gasteiger partial charge on any atom is 0.228 e. The molecule has 4 nitrogen and oxygen atoms in total. The normalized spacial score (nSPS) is 19.4. The highest BCUT2D eigenvalue weighted by Crippen LogP contribution is 2.20. The summed E-state index contributed by atoms with van der Waals surface area (Å²) in [5.41, 5.74) is 0.866. The van der Waals surface area contributed by atoms with Crippen molar-refractivity contribution in [2.75, 3.05) is 20.1 Å². The molecule has 1 aliphatic heterocycles. The predicted octanol–water partition coefficient (Wildman–Crippen LogP) is 1.61. The van der Waals surface area contributed by atoms with E-state index >= 15 is 0 Å². The quantitative estimate of drug-likeness (QED) is 0.876. The second kappa shape index (κ2) is 7.24. The predicted molar refractivity (Wildman–Crippen MR) is 75.8 cm³/mol. The number of hydrogen-bond donors (Lipinski definition) is 1. The Balaban J connectivity index is 1.95. The number of carbonyl (C=O) groups is 1. The fraction of sp³-hybridized carbons (Fsp3) is 0.600. The zero-order chi connectivity index (χ0) is 13.5. The Labute approximate surface area is 115 Å².